The lowest BCUT2D eigenvalue weighted by atomic mass is 10.2. The number of aryl methyl sites for hydroxylation is 1. The highest BCUT2D eigenvalue weighted by atomic mass is 32.2. The average molecular weight is 389 g/mol. The van der Waals surface area contributed by atoms with Gasteiger partial charge in [-0.1, -0.05) is 30.7 Å². The number of nitrogens with two attached hydrogens (primary N) is 1. The van der Waals surface area contributed by atoms with E-state index >= 15 is 0 Å². The molecule has 0 saturated heterocycles. The van der Waals surface area contributed by atoms with Gasteiger partial charge in [0.2, 0.25) is 5.91 Å². The lowest BCUT2D eigenvalue weighted by Gasteiger charge is -2.10. The summed E-state index contributed by atoms with van der Waals surface area (Å²) < 4.78 is 13.5. The molecule has 3 aromatic rings. The van der Waals surface area contributed by atoms with Gasteiger partial charge in [0.05, 0.1) is 11.6 Å². The van der Waals surface area contributed by atoms with Crippen LogP contribution in [0.25, 0.3) is 11.0 Å². The van der Waals surface area contributed by atoms with Crippen molar-refractivity contribution in [1.29, 1.82) is 0 Å². The predicted octanol–water partition coefficient (Wildman–Crippen LogP) is 4.64. The van der Waals surface area contributed by atoms with E-state index in [9.17, 15) is 9.18 Å². The molecule has 0 aliphatic heterocycles. The smallest absolute Gasteiger partial charge is 0.220 e. The summed E-state index contributed by atoms with van der Waals surface area (Å²) in [6, 6.07) is 12.6. The lowest BCUT2D eigenvalue weighted by Crippen LogP contribution is -2.26. The molecule has 144 valence electrons. The van der Waals surface area contributed by atoms with Crippen molar-refractivity contribution in [3.63, 3.8) is 0 Å². The molecule has 1 amide bonds. The van der Waals surface area contributed by atoms with E-state index in [2.05, 4.69) is 34.3 Å². The minimum atomic E-state index is -0.359. The Morgan fingerprint density at radius 1 is 1.30 bits per heavy atom. The molecule has 1 heterocycles. The predicted molar refractivity (Wildman–Crippen MR) is 109 cm³/mol. The summed E-state index contributed by atoms with van der Waals surface area (Å²) in [7, 11) is 0. The van der Waals surface area contributed by atoms with E-state index < -0.39 is 0 Å². The van der Waals surface area contributed by atoms with Gasteiger partial charge >= 0.3 is 0 Å². The molecule has 0 fully saturated rings. The quantitative estimate of drug-likeness (QED) is 0.556. The molecule has 0 bridgehead atoms. The fourth-order valence-electron chi connectivity index (χ4n) is 2.45. The Bertz CT molecular complexity index is 879. The molecule has 0 spiro atoms. The molecule has 27 heavy (non-hydrogen) atoms. The fraction of sp³-hybridized carbons (Fsp3) is 0.300. The largest absolute Gasteiger partial charge is 0.346 e. The second-order valence-electron chi connectivity index (χ2n) is 6.23. The van der Waals surface area contributed by atoms with Crippen LogP contribution in [0.5, 0.6) is 0 Å². The van der Waals surface area contributed by atoms with Crippen LogP contribution in [-0.2, 0) is 4.79 Å². The Labute approximate surface area is 163 Å². The number of carbonyl (C=O) groups is 1. The number of nitrogens with zero attached hydrogens (tertiary/aromatic N) is 1. The van der Waals surface area contributed by atoms with Gasteiger partial charge in [-0.2, -0.15) is 0 Å². The summed E-state index contributed by atoms with van der Waals surface area (Å²) in [6.45, 7) is 5.83. The molecule has 5 nitrogen and oxygen atoms in total. The summed E-state index contributed by atoms with van der Waals surface area (Å²) in [5.41, 5.74) is 2.22. The number of fused-ring (bicyclic) bond motifs is 1. The number of aromatic amines is 1. The third-order valence-electron chi connectivity index (χ3n) is 3.90. The summed E-state index contributed by atoms with van der Waals surface area (Å²) in [5, 5.41) is 8.14. The minimum Gasteiger partial charge on any atom is -0.346 e. The highest BCUT2D eigenvalue weighted by molar-refractivity contribution is 7.97. The Hall–Kier alpha value is -2.38. The number of nitrogens with one attached hydrogen (secondary N) is 2. The van der Waals surface area contributed by atoms with Crippen molar-refractivity contribution in [2.75, 3.05) is 0 Å². The molecule has 1 aromatic heterocycles. The van der Waals surface area contributed by atoms with E-state index in [1.807, 2.05) is 26.0 Å². The van der Waals surface area contributed by atoms with Gasteiger partial charge in [0.15, 0.2) is 5.82 Å². The molecule has 3 rings (SSSR count). The topological polar surface area (TPSA) is 83.8 Å². The monoisotopic (exact) mass is 388 g/mol. The van der Waals surface area contributed by atoms with E-state index in [-0.39, 0.29) is 17.8 Å². The summed E-state index contributed by atoms with van der Waals surface area (Å²) in [6.07, 6.45) is 1.28. The van der Waals surface area contributed by atoms with Crippen molar-refractivity contribution < 1.29 is 9.18 Å². The van der Waals surface area contributed by atoms with E-state index in [0.717, 1.165) is 11.3 Å². The lowest BCUT2D eigenvalue weighted by molar-refractivity contribution is -0.121. The second kappa shape index (κ2) is 10.1. The molecular weight excluding hydrogens is 363 g/mol. The zero-order chi connectivity index (χ0) is 19.8. The van der Waals surface area contributed by atoms with Crippen molar-refractivity contribution in [2.24, 2.45) is 5.14 Å². The molecule has 0 saturated carbocycles. The van der Waals surface area contributed by atoms with Gasteiger partial charge < -0.3 is 10.3 Å². The molecule has 0 aliphatic rings. The Balaban J connectivity index is 0.000000244. The van der Waals surface area contributed by atoms with Crippen LogP contribution in [0.4, 0.5) is 4.39 Å². The van der Waals surface area contributed by atoms with Crippen LogP contribution >= 0.6 is 11.9 Å². The standard InChI is InChI=1S/C13H16FN3O.C7H9NS/c1-3-5-11(18)15-8(2)13-16-10-7-4-6-9(14)12(10)17-13;1-6-2-4-7(9-8)5-3-6/h4,6-8H,3,5H2,1-2H3,(H,15,18)(H,16,17);2-5H,8H2,1H3. The number of carbonyl (C=O) groups excluding carboxylic acids is 1. The number of H-pyrrole nitrogens is 1. The number of rotatable bonds is 5. The SMILES string of the molecule is CCCC(=O)NC(C)c1nc2c(F)cccc2[nH]1.Cc1ccc(SN)cc1. The highest BCUT2D eigenvalue weighted by Crippen LogP contribution is 2.18. The third kappa shape index (κ3) is 6.08. The highest BCUT2D eigenvalue weighted by Gasteiger charge is 2.14. The van der Waals surface area contributed by atoms with Gasteiger partial charge in [0.1, 0.15) is 11.3 Å². The maximum atomic E-state index is 13.5. The van der Waals surface area contributed by atoms with E-state index in [0.29, 0.717) is 23.3 Å². The summed E-state index contributed by atoms with van der Waals surface area (Å²) in [5.74, 6) is 0.188. The van der Waals surface area contributed by atoms with Crippen molar-refractivity contribution in [3.05, 3.63) is 59.7 Å². The van der Waals surface area contributed by atoms with Crippen molar-refractivity contribution in [1.82, 2.24) is 15.3 Å². The fourth-order valence-corrected chi connectivity index (χ4v) is 2.74. The van der Waals surface area contributed by atoms with E-state index in [1.54, 1.807) is 12.1 Å². The number of para-hydroxylation sites is 1. The van der Waals surface area contributed by atoms with Crippen LogP contribution in [0.3, 0.4) is 0 Å². The zero-order valence-corrected chi connectivity index (χ0v) is 16.6. The number of hydrogen-bond acceptors (Lipinski definition) is 4. The number of amides is 1. The number of benzene rings is 2. The molecule has 1 atom stereocenters. The normalized spacial score (nSPS) is 11.6. The summed E-state index contributed by atoms with van der Waals surface area (Å²) in [4.78, 5) is 19.8. The van der Waals surface area contributed by atoms with Gasteiger partial charge in [-0.3, -0.25) is 9.93 Å². The molecular formula is C20H25FN4OS. The molecule has 0 aliphatic carbocycles. The van der Waals surface area contributed by atoms with Gasteiger partial charge in [-0.25, -0.2) is 9.37 Å². The molecule has 7 heteroatoms. The first-order valence-electron chi connectivity index (χ1n) is 8.81. The van der Waals surface area contributed by atoms with Crippen molar-refractivity contribution in [3.8, 4) is 0 Å². The van der Waals surface area contributed by atoms with Crippen LogP contribution in [-0.4, -0.2) is 15.9 Å². The van der Waals surface area contributed by atoms with E-state index in [1.165, 1.54) is 23.6 Å². The number of aromatic nitrogens is 2. The number of hydrogen-bond donors (Lipinski definition) is 3. The minimum absolute atomic E-state index is 0.0223. The Kier molecular flexibility index (Phi) is 7.82. The number of halogens is 1. The summed E-state index contributed by atoms with van der Waals surface area (Å²) >= 11 is 1.28. The maximum Gasteiger partial charge on any atom is 0.220 e. The van der Waals surface area contributed by atoms with Gasteiger partial charge in [-0.05, 0) is 56.5 Å². The van der Waals surface area contributed by atoms with Gasteiger partial charge in [0, 0.05) is 11.3 Å². The van der Waals surface area contributed by atoms with Crippen LogP contribution in [0.15, 0.2) is 47.4 Å². The molecule has 0 radical (unpaired) electrons. The average Bonchev–Trinajstić information content (AvgIpc) is 3.09. The first-order chi connectivity index (χ1) is 12.9. The van der Waals surface area contributed by atoms with E-state index in [4.69, 9.17) is 5.14 Å². The number of imidazole rings is 1. The van der Waals surface area contributed by atoms with Crippen molar-refractivity contribution in [2.45, 2.75) is 44.6 Å². The second-order valence-corrected chi connectivity index (χ2v) is 6.94. The van der Waals surface area contributed by atoms with Crippen LogP contribution in [0, 0.1) is 12.7 Å². The Morgan fingerprint density at radius 2 is 2.00 bits per heavy atom. The molecule has 4 N–H and O–H groups in total. The molecule has 2 aromatic carbocycles. The van der Waals surface area contributed by atoms with Crippen LogP contribution in [0.2, 0.25) is 0 Å². The van der Waals surface area contributed by atoms with Crippen molar-refractivity contribution >= 4 is 28.9 Å². The zero-order valence-electron chi connectivity index (χ0n) is 15.8. The first-order valence-corrected chi connectivity index (χ1v) is 9.69. The Morgan fingerprint density at radius 3 is 2.59 bits per heavy atom. The van der Waals surface area contributed by atoms with Crippen LogP contribution in [0.1, 0.15) is 44.1 Å². The van der Waals surface area contributed by atoms with Gasteiger partial charge in [0.25, 0.3) is 0 Å². The first kappa shape index (κ1) is 20.9. The van der Waals surface area contributed by atoms with Gasteiger partial charge in [-0.15, -0.1) is 0 Å². The third-order valence-corrected chi connectivity index (χ3v) is 4.45. The maximum absolute atomic E-state index is 13.5. The van der Waals surface area contributed by atoms with Crippen LogP contribution < -0.4 is 10.5 Å². The molecule has 1 unspecified atom stereocenters.